The van der Waals surface area contributed by atoms with Crippen molar-refractivity contribution in [2.75, 3.05) is 4.90 Å². The molecule has 0 radical (unpaired) electrons. The SMILES string of the molecule is NC(=O)N(c1ncccn1)c1ccccc1[N+](=O)[O-]. The predicted octanol–water partition coefficient (Wildman–Crippen LogP) is 1.60. The lowest BCUT2D eigenvalue weighted by Crippen LogP contribution is -2.33. The Morgan fingerprint density at radius 2 is 1.84 bits per heavy atom. The first-order chi connectivity index (χ1) is 9.11. The van der Waals surface area contributed by atoms with Gasteiger partial charge in [-0.2, -0.15) is 0 Å². The largest absolute Gasteiger partial charge is 0.351 e. The van der Waals surface area contributed by atoms with Crippen LogP contribution in [0.25, 0.3) is 0 Å². The summed E-state index contributed by atoms with van der Waals surface area (Å²) >= 11 is 0. The maximum absolute atomic E-state index is 11.5. The summed E-state index contributed by atoms with van der Waals surface area (Å²) in [4.78, 5) is 30.5. The number of anilines is 2. The predicted molar refractivity (Wildman–Crippen MR) is 66.9 cm³/mol. The van der Waals surface area contributed by atoms with E-state index in [-0.39, 0.29) is 17.3 Å². The molecule has 0 saturated heterocycles. The van der Waals surface area contributed by atoms with E-state index < -0.39 is 11.0 Å². The molecule has 0 saturated carbocycles. The van der Waals surface area contributed by atoms with E-state index in [1.54, 1.807) is 12.1 Å². The van der Waals surface area contributed by atoms with Crippen LogP contribution in [-0.4, -0.2) is 20.9 Å². The van der Waals surface area contributed by atoms with Gasteiger partial charge in [-0.3, -0.25) is 10.1 Å². The maximum Gasteiger partial charge on any atom is 0.326 e. The first-order valence-electron chi connectivity index (χ1n) is 5.21. The summed E-state index contributed by atoms with van der Waals surface area (Å²) < 4.78 is 0. The Hall–Kier alpha value is -3.03. The molecule has 2 rings (SSSR count). The third-order valence-electron chi connectivity index (χ3n) is 2.29. The van der Waals surface area contributed by atoms with Gasteiger partial charge in [0.2, 0.25) is 5.95 Å². The fourth-order valence-corrected chi connectivity index (χ4v) is 1.54. The maximum atomic E-state index is 11.5. The summed E-state index contributed by atoms with van der Waals surface area (Å²) in [5.41, 5.74) is 5.02. The van der Waals surface area contributed by atoms with Gasteiger partial charge < -0.3 is 5.73 Å². The highest BCUT2D eigenvalue weighted by molar-refractivity contribution is 5.98. The van der Waals surface area contributed by atoms with Crippen molar-refractivity contribution in [3.8, 4) is 0 Å². The lowest BCUT2D eigenvalue weighted by Gasteiger charge is -2.17. The Balaban J connectivity index is 2.59. The number of rotatable bonds is 3. The summed E-state index contributed by atoms with van der Waals surface area (Å²) in [6.07, 6.45) is 2.82. The van der Waals surface area contributed by atoms with Gasteiger partial charge in [0.05, 0.1) is 4.92 Å². The smallest absolute Gasteiger partial charge is 0.326 e. The van der Waals surface area contributed by atoms with E-state index in [2.05, 4.69) is 9.97 Å². The zero-order valence-corrected chi connectivity index (χ0v) is 9.63. The van der Waals surface area contributed by atoms with Crippen molar-refractivity contribution in [2.45, 2.75) is 0 Å². The number of nitrogens with two attached hydrogens (primary N) is 1. The molecule has 0 aliphatic heterocycles. The van der Waals surface area contributed by atoms with E-state index in [9.17, 15) is 14.9 Å². The summed E-state index contributed by atoms with van der Waals surface area (Å²) in [5.74, 6) is -0.0238. The van der Waals surface area contributed by atoms with Crippen molar-refractivity contribution in [3.05, 3.63) is 52.8 Å². The van der Waals surface area contributed by atoms with Crippen LogP contribution >= 0.6 is 0 Å². The van der Waals surface area contributed by atoms with E-state index in [4.69, 9.17) is 5.73 Å². The van der Waals surface area contributed by atoms with Crippen molar-refractivity contribution in [1.29, 1.82) is 0 Å². The zero-order valence-electron chi connectivity index (χ0n) is 9.63. The zero-order chi connectivity index (χ0) is 13.8. The van der Waals surface area contributed by atoms with Crippen LogP contribution in [0.3, 0.4) is 0 Å². The summed E-state index contributed by atoms with van der Waals surface area (Å²) in [5, 5.41) is 11.0. The van der Waals surface area contributed by atoms with Crippen molar-refractivity contribution < 1.29 is 9.72 Å². The highest BCUT2D eigenvalue weighted by Crippen LogP contribution is 2.31. The van der Waals surface area contributed by atoms with Gasteiger partial charge in [-0.15, -0.1) is 0 Å². The Kier molecular flexibility index (Phi) is 3.33. The molecule has 0 aliphatic carbocycles. The fourth-order valence-electron chi connectivity index (χ4n) is 1.54. The molecule has 0 unspecified atom stereocenters. The molecule has 2 aromatic rings. The number of urea groups is 1. The second-order valence-corrected chi connectivity index (χ2v) is 3.47. The van der Waals surface area contributed by atoms with Crippen LogP contribution in [0.4, 0.5) is 22.1 Å². The number of primary amides is 1. The second-order valence-electron chi connectivity index (χ2n) is 3.47. The minimum atomic E-state index is -0.902. The summed E-state index contributed by atoms with van der Waals surface area (Å²) in [6.45, 7) is 0. The van der Waals surface area contributed by atoms with Crippen LogP contribution in [0.1, 0.15) is 0 Å². The monoisotopic (exact) mass is 259 g/mol. The molecule has 0 atom stereocenters. The minimum Gasteiger partial charge on any atom is -0.351 e. The van der Waals surface area contributed by atoms with Crippen LogP contribution in [0.15, 0.2) is 42.7 Å². The molecule has 1 aromatic carbocycles. The van der Waals surface area contributed by atoms with Gasteiger partial charge >= 0.3 is 6.03 Å². The number of para-hydroxylation sites is 2. The van der Waals surface area contributed by atoms with Gasteiger partial charge in [0, 0.05) is 18.5 Å². The lowest BCUT2D eigenvalue weighted by molar-refractivity contribution is -0.384. The molecule has 96 valence electrons. The molecular weight excluding hydrogens is 250 g/mol. The number of nitro benzene ring substituents is 1. The Bertz CT molecular complexity index is 617. The molecule has 8 heteroatoms. The molecule has 1 aromatic heterocycles. The standard InChI is InChI=1S/C11H9N5O3/c12-10(17)15(11-13-6-3-7-14-11)8-4-1-2-5-9(8)16(18)19/h1-7H,(H2,12,17). The lowest BCUT2D eigenvalue weighted by atomic mass is 10.2. The summed E-state index contributed by atoms with van der Waals surface area (Å²) in [6, 6.07) is 6.38. The molecule has 8 nitrogen and oxygen atoms in total. The summed E-state index contributed by atoms with van der Waals surface area (Å²) in [7, 11) is 0. The molecule has 0 aliphatic rings. The van der Waals surface area contributed by atoms with Crippen LogP contribution in [0.2, 0.25) is 0 Å². The van der Waals surface area contributed by atoms with E-state index in [0.29, 0.717) is 0 Å². The normalized spacial score (nSPS) is 9.89. The van der Waals surface area contributed by atoms with E-state index in [1.807, 2.05) is 0 Å². The van der Waals surface area contributed by atoms with Crippen LogP contribution in [0, 0.1) is 10.1 Å². The third-order valence-corrected chi connectivity index (χ3v) is 2.29. The number of benzene rings is 1. The van der Waals surface area contributed by atoms with E-state index in [1.165, 1.54) is 30.6 Å². The first kappa shape index (κ1) is 12.4. The number of carbonyl (C=O) groups excluding carboxylic acids is 1. The fraction of sp³-hybridized carbons (Fsp3) is 0. The average Bonchev–Trinajstić information content (AvgIpc) is 2.40. The van der Waals surface area contributed by atoms with Gasteiger partial charge in [-0.25, -0.2) is 19.7 Å². The van der Waals surface area contributed by atoms with Crippen LogP contribution in [-0.2, 0) is 0 Å². The molecule has 1 heterocycles. The quantitative estimate of drug-likeness (QED) is 0.663. The van der Waals surface area contributed by atoms with Gasteiger partial charge in [0.25, 0.3) is 5.69 Å². The molecular formula is C11H9N5O3. The highest BCUT2D eigenvalue weighted by Gasteiger charge is 2.25. The first-order valence-corrected chi connectivity index (χ1v) is 5.21. The number of aromatic nitrogens is 2. The van der Waals surface area contributed by atoms with Gasteiger partial charge in [-0.1, -0.05) is 12.1 Å². The molecule has 2 N–H and O–H groups in total. The number of hydrogen-bond donors (Lipinski definition) is 1. The topological polar surface area (TPSA) is 115 Å². The van der Waals surface area contributed by atoms with Gasteiger partial charge in [0.1, 0.15) is 5.69 Å². The van der Waals surface area contributed by atoms with Crippen LogP contribution < -0.4 is 10.6 Å². The van der Waals surface area contributed by atoms with E-state index in [0.717, 1.165) is 4.90 Å². The Morgan fingerprint density at radius 1 is 1.21 bits per heavy atom. The Labute approximate surface area is 107 Å². The molecule has 0 bridgehead atoms. The van der Waals surface area contributed by atoms with Crippen molar-refractivity contribution in [1.82, 2.24) is 9.97 Å². The Morgan fingerprint density at radius 3 is 2.42 bits per heavy atom. The van der Waals surface area contributed by atoms with Crippen LogP contribution in [0.5, 0.6) is 0 Å². The number of hydrogen-bond acceptors (Lipinski definition) is 5. The molecule has 2 amide bonds. The number of amides is 2. The minimum absolute atomic E-state index is 0.0196. The van der Waals surface area contributed by atoms with Crippen molar-refractivity contribution >= 4 is 23.4 Å². The van der Waals surface area contributed by atoms with Crippen molar-refractivity contribution in [2.24, 2.45) is 5.73 Å². The van der Waals surface area contributed by atoms with Gasteiger partial charge in [0.15, 0.2) is 0 Å². The van der Waals surface area contributed by atoms with Gasteiger partial charge in [-0.05, 0) is 12.1 Å². The number of nitro groups is 1. The van der Waals surface area contributed by atoms with E-state index >= 15 is 0 Å². The number of carbonyl (C=O) groups is 1. The molecule has 0 fully saturated rings. The number of nitrogens with zero attached hydrogens (tertiary/aromatic N) is 4. The molecule has 19 heavy (non-hydrogen) atoms. The average molecular weight is 259 g/mol. The second kappa shape index (κ2) is 5.08. The third kappa shape index (κ3) is 2.46. The highest BCUT2D eigenvalue weighted by atomic mass is 16.6. The van der Waals surface area contributed by atoms with Crippen molar-refractivity contribution in [3.63, 3.8) is 0 Å². The molecule has 0 spiro atoms.